The van der Waals surface area contributed by atoms with Crippen LogP contribution in [-0.2, 0) is 9.53 Å². The number of carbonyl (C=O) groups is 1. The van der Waals surface area contributed by atoms with Crippen LogP contribution in [0.3, 0.4) is 0 Å². The summed E-state index contributed by atoms with van der Waals surface area (Å²) in [6.07, 6.45) is 0.950. The maximum absolute atomic E-state index is 12.1. The highest BCUT2D eigenvalue weighted by molar-refractivity contribution is 5.93. The van der Waals surface area contributed by atoms with Gasteiger partial charge in [0.25, 0.3) is 0 Å². The Kier molecular flexibility index (Phi) is 4.78. The number of hydrogen-bond acceptors (Lipinski definition) is 3. The van der Waals surface area contributed by atoms with Crippen molar-refractivity contribution in [3.63, 3.8) is 0 Å². The number of ether oxygens (including phenoxy) is 1. The van der Waals surface area contributed by atoms with Crippen molar-refractivity contribution in [2.75, 3.05) is 18.5 Å². The van der Waals surface area contributed by atoms with Gasteiger partial charge < -0.3 is 15.8 Å². The molecule has 2 atom stereocenters. The minimum Gasteiger partial charge on any atom is -0.378 e. The van der Waals surface area contributed by atoms with Gasteiger partial charge in [0.1, 0.15) is 0 Å². The van der Waals surface area contributed by atoms with Crippen molar-refractivity contribution in [1.82, 2.24) is 0 Å². The number of nitrogens with one attached hydrogen (secondary N) is 1. The molecule has 3 N–H and O–H groups in total. The minimum atomic E-state index is -0.0545. The Hall–Kier alpha value is -1.83. The number of rotatable bonds is 2. The van der Waals surface area contributed by atoms with Crippen LogP contribution in [0.25, 0.3) is 0 Å². The summed E-state index contributed by atoms with van der Waals surface area (Å²) in [6, 6.07) is 5.72. The molecule has 1 aliphatic rings. The molecule has 1 heterocycles. The van der Waals surface area contributed by atoms with E-state index < -0.39 is 0 Å². The Labute approximate surface area is 119 Å². The lowest BCUT2D eigenvalue weighted by atomic mass is 10.0. The van der Waals surface area contributed by atoms with Crippen molar-refractivity contribution >= 4 is 11.6 Å². The average Bonchev–Trinajstić information content (AvgIpc) is 2.86. The first-order valence-corrected chi connectivity index (χ1v) is 6.82. The molecule has 20 heavy (non-hydrogen) atoms. The third-order valence-corrected chi connectivity index (χ3v) is 3.39. The fourth-order valence-corrected chi connectivity index (χ4v) is 2.27. The molecule has 4 heteroatoms. The zero-order valence-electron chi connectivity index (χ0n) is 11.9. The van der Waals surface area contributed by atoms with E-state index >= 15 is 0 Å². The van der Waals surface area contributed by atoms with Crippen molar-refractivity contribution in [3.05, 3.63) is 29.3 Å². The van der Waals surface area contributed by atoms with E-state index in [4.69, 9.17) is 10.5 Å². The molecule has 1 fully saturated rings. The quantitative estimate of drug-likeness (QED) is 0.805. The summed E-state index contributed by atoms with van der Waals surface area (Å²) in [4.78, 5) is 12.1. The van der Waals surface area contributed by atoms with Crippen LogP contribution >= 0.6 is 0 Å². The van der Waals surface area contributed by atoms with E-state index in [9.17, 15) is 4.79 Å². The molecule has 0 aromatic heterocycles. The standard InChI is InChI=1S/C16H20N2O2/c1-11-8-13(4-3-7-17)5-6-15(11)18-16(19)14-9-12(2)20-10-14/h5-6,8,12,14H,7,9-10,17H2,1-2H3,(H,18,19). The van der Waals surface area contributed by atoms with E-state index in [-0.39, 0.29) is 17.9 Å². The Balaban J connectivity index is 2.04. The van der Waals surface area contributed by atoms with Crippen molar-refractivity contribution in [1.29, 1.82) is 0 Å². The number of aryl methyl sites for hydroxylation is 1. The van der Waals surface area contributed by atoms with Crippen molar-refractivity contribution in [3.8, 4) is 11.8 Å². The van der Waals surface area contributed by atoms with Gasteiger partial charge in [0.05, 0.1) is 25.2 Å². The van der Waals surface area contributed by atoms with Gasteiger partial charge in [-0.15, -0.1) is 0 Å². The maximum Gasteiger partial charge on any atom is 0.229 e. The number of benzene rings is 1. The maximum atomic E-state index is 12.1. The first kappa shape index (κ1) is 14.6. The molecule has 2 unspecified atom stereocenters. The lowest BCUT2D eigenvalue weighted by molar-refractivity contribution is -0.119. The van der Waals surface area contributed by atoms with Crippen LogP contribution in [0.15, 0.2) is 18.2 Å². The van der Waals surface area contributed by atoms with Gasteiger partial charge in [-0.25, -0.2) is 0 Å². The molecule has 2 rings (SSSR count). The Morgan fingerprint density at radius 2 is 2.35 bits per heavy atom. The van der Waals surface area contributed by atoms with Gasteiger partial charge in [-0.2, -0.15) is 0 Å². The molecule has 0 radical (unpaired) electrons. The Morgan fingerprint density at radius 1 is 1.55 bits per heavy atom. The third-order valence-electron chi connectivity index (χ3n) is 3.39. The molecule has 0 spiro atoms. The second-order valence-electron chi connectivity index (χ2n) is 5.10. The highest BCUT2D eigenvalue weighted by Gasteiger charge is 2.28. The second kappa shape index (κ2) is 6.56. The first-order chi connectivity index (χ1) is 9.60. The van der Waals surface area contributed by atoms with E-state index in [1.807, 2.05) is 32.0 Å². The minimum absolute atomic E-state index is 0.0262. The molecule has 1 aromatic rings. The van der Waals surface area contributed by atoms with Crippen LogP contribution in [0.5, 0.6) is 0 Å². The topological polar surface area (TPSA) is 64.3 Å². The number of carbonyl (C=O) groups excluding carboxylic acids is 1. The van der Waals surface area contributed by atoms with Crippen LogP contribution in [0.2, 0.25) is 0 Å². The number of hydrogen-bond donors (Lipinski definition) is 2. The van der Waals surface area contributed by atoms with Crippen LogP contribution < -0.4 is 11.1 Å². The van der Waals surface area contributed by atoms with E-state index in [2.05, 4.69) is 17.2 Å². The fraction of sp³-hybridized carbons (Fsp3) is 0.438. The van der Waals surface area contributed by atoms with Gasteiger partial charge in [0.2, 0.25) is 5.91 Å². The van der Waals surface area contributed by atoms with Crippen LogP contribution in [-0.4, -0.2) is 25.2 Å². The van der Waals surface area contributed by atoms with Crippen molar-refractivity contribution < 1.29 is 9.53 Å². The molecule has 0 saturated carbocycles. The highest BCUT2D eigenvalue weighted by atomic mass is 16.5. The molecule has 0 bridgehead atoms. The molecule has 1 saturated heterocycles. The lowest BCUT2D eigenvalue weighted by Crippen LogP contribution is -2.23. The lowest BCUT2D eigenvalue weighted by Gasteiger charge is -2.12. The molecule has 4 nitrogen and oxygen atoms in total. The van der Waals surface area contributed by atoms with Gasteiger partial charge in [-0.1, -0.05) is 11.8 Å². The monoisotopic (exact) mass is 272 g/mol. The molecule has 1 amide bonds. The molecule has 106 valence electrons. The van der Waals surface area contributed by atoms with E-state index in [0.717, 1.165) is 23.2 Å². The van der Waals surface area contributed by atoms with E-state index in [1.165, 1.54) is 0 Å². The summed E-state index contributed by atoms with van der Waals surface area (Å²) >= 11 is 0. The van der Waals surface area contributed by atoms with E-state index in [0.29, 0.717) is 13.2 Å². The molecule has 1 aliphatic heterocycles. The number of nitrogens with two attached hydrogens (primary N) is 1. The molecule has 1 aromatic carbocycles. The van der Waals surface area contributed by atoms with Gasteiger partial charge >= 0.3 is 0 Å². The summed E-state index contributed by atoms with van der Waals surface area (Å²) in [5, 5.41) is 2.96. The summed E-state index contributed by atoms with van der Waals surface area (Å²) in [5.41, 5.74) is 8.08. The normalized spacial score (nSPS) is 21.1. The summed E-state index contributed by atoms with van der Waals surface area (Å²) in [6.45, 7) is 4.80. The van der Waals surface area contributed by atoms with Crippen LogP contribution in [0.4, 0.5) is 5.69 Å². The van der Waals surface area contributed by atoms with Crippen molar-refractivity contribution in [2.24, 2.45) is 11.7 Å². The first-order valence-electron chi connectivity index (χ1n) is 6.82. The fourth-order valence-electron chi connectivity index (χ4n) is 2.27. The predicted molar refractivity (Wildman–Crippen MR) is 79.3 cm³/mol. The zero-order chi connectivity index (χ0) is 14.5. The Bertz CT molecular complexity index is 557. The van der Waals surface area contributed by atoms with E-state index in [1.54, 1.807) is 0 Å². The summed E-state index contributed by atoms with van der Waals surface area (Å²) in [7, 11) is 0. The molecular weight excluding hydrogens is 252 g/mol. The average molecular weight is 272 g/mol. The van der Waals surface area contributed by atoms with Gasteiger partial charge in [0.15, 0.2) is 0 Å². The summed E-state index contributed by atoms with van der Waals surface area (Å²) in [5.74, 6) is 5.77. The van der Waals surface area contributed by atoms with Gasteiger partial charge in [0, 0.05) is 11.3 Å². The van der Waals surface area contributed by atoms with Gasteiger partial charge in [-0.05, 0) is 44.0 Å². The van der Waals surface area contributed by atoms with Crippen molar-refractivity contribution in [2.45, 2.75) is 26.4 Å². The number of anilines is 1. The summed E-state index contributed by atoms with van der Waals surface area (Å²) < 4.78 is 5.43. The third kappa shape index (κ3) is 3.60. The van der Waals surface area contributed by atoms with Gasteiger partial charge in [-0.3, -0.25) is 4.79 Å². The molecule has 0 aliphatic carbocycles. The van der Waals surface area contributed by atoms with Crippen LogP contribution in [0, 0.1) is 24.7 Å². The Morgan fingerprint density at radius 3 is 2.95 bits per heavy atom. The predicted octanol–water partition coefficient (Wildman–Crippen LogP) is 1.67. The SMILES string of the molecule is Cc1cc(C#CCN)ccc1NC(=O)C1COC(C)C1. The molecular formula is C16H20N2O2. The number of amides is 1. The largest absolute Gasteiger partial charge is 0.378 e. The van der Waals surface area contributed by atoms with Crippen LogP contribution in [0.1, 0.15) is 24.5 Å². The zero-order valence-corrected chi connectivity index (χ0v) is 11.9. The smallest absolute Gasteiger partial charge is 0.229 e. The highest BCUT2D eigenvalue weighted by Crippen LogP contribution is 2.22. The second-order valence-corrected chi connectivity index (χ2v) is 5.10.